The monoisotopic (exact) mass is 252 g/mol. The van der Waals surface area contributed by atoms with Crippen LogP contribution in [0.4, 0.5) is 0 Å². The van der Waals surface area contributed by atoms with Crippen LogP contribution in [0.3, 0.4) is 0 Å². The van der Waals surface area contributed by atoms with Crippen LogP contribution < -0.4 is 0 Å². The summed E-state index contributed by atoms with van der Waals surface area (Å²) in [5.41, 5.74) is 0. The third-order valence-electron chi connectivity index (χ3n) is 1.44. The molecule has 1 N–H and O–H groups in total. The predicted molar refractivity (Wildman–Crippen MR) is 56.5 cm³/mol. The van der Waals surface area contributed by atoms with Gasteiger partial charge in [-0.05, 0) is 12.3 Å². The number of methoxy groups -OCH3 is 1. The number of carbonyl (C=O) groups is 1. The van der Waals surface area contributed by atoms with Gasteiger partial charge in [0.05, 0.1) is 16.2 Å². The first kappa shape index (κ1) is 11.7. The number of hydrogen-bond acceptors (Lipinski definition) is 5. The minimum atomic E-state index is -2.15. The van der Waals surface area contributed by atoms with Crippen LogP contribution in [0.15, 0.2) is 15.2 Å². The molecular weight excluding hydrogens is 244 g/mol. The van der Waals surface area contributed by atoms with Crippen LogP contribution in [0.2, 0.25) is 0 Å². The van der Waals surface area contributed by atoms with Gasteiger partial charge in [0.2, 0.25) is 0 Å². The molecule has 0 bridgehead atoms. The highest BCUT2D eigenvalue weighted by Crippen LogP contribution is 2.31. The second-order valence-electron chi connectivity index (χ2n) is 2.20. The zero-order chi connectivity index (χ0) is 10.7. The zero-order valence-corrected chi connectivity index (χ0v) is 9.92. The highest BCUT2D eigenvalue weighted by molar-refractivity contribution is 8.00. The maximum atomic E-state index is 11.2. The lowest BCUT2D eigenvalue weighted by molar-refractivity contribution is 0.0602. The minimum absolute atomic E-state index is 0.117. The van der Waals surface area contributed by atoms with Gasteiger partial charge in [0, 0.05) is 0 Å². The Balaban J connectivity index is 3.18. The molecule has 1 aromatic rings. The Morgan fingerprint density at radius 3 is 2.79 bits per heavy atom. The smallest absolute Gasteiger partial charge is 0.349 e. The Bertz CT molecular complexity index is 371. The van der Waals surface area contributed by atoms with Crippen LogP contribution in [-0.2, 0) is 15.8 Å². The Kier molecular flexibility index (Phi) is 4.11. The third-order valence-corrected chi connectivity index (χ3v) is 4.44. The second-order valence-corrected chi connectivity index (χ2v) is 5.30. The summed E-state index contributed by atoms with van der Waals surface area (Å²) in [5, 5.41) is 0. The highest BCUT2D eigenvalue weighted by Gasteiger charge is 2.20. The van der Waals surface area contributed by atoms with E-state index in [2.05, 4.69) is 4.74 Å². The van der Waals surface area contributed by atoms with Crippen LogP contribution in [0, 0.1) is 0 Å². The van der Waals surface area contributed by atoms with Gasteiger partial charge in [0.1, 0.15) is 4.88 Å². The van der Waals surface area contributed by atoms with E-state index in [1.165, 1.54) is 24.9 Å². The Labute approximate surface area is 91.9 Å². The molecule has 1 heterocycles. The Morgan fingerprint density at radius 2 is 2.36 bits per heavy atom. The first-order valence-corrected chi connectivity index (χ1v) is 6.62. The van der Waals surface area contributed by atoms with Gasteiger partial charge in [0.25, 0.3) is 0 Å². The van der Waals surface area contributed by atoms with Crippen molar-refractivity contribution in [2.75, 3.05) is 13.4 Å². The van der Waals surface area contributed by atoms with Gasteiger partial charge >= 0.3 is 5.97 Å². The van der Waals surface area contributed by atoms with E-state index in [1.807, 2.05) is 6.26 Å². The van der Waals surface area contributed by atoms with Crippen molar-refractivity contribution in [2.24, 2.45) is 0 Å². The van der Waals surface area contributed by atoms with Gasteiger partial charge in [-0.2, -0.15) is 0 Å². The standard InChI is InChI=1S/C7H8O4S3/c1-11-7(8)6-4(14(9)10)3-5(12-2)13-6/h3H,1-2H3,(H,9,10). The molecule has 0 aliphatic rings. The normalized spacial score (nSPS) is 12.5. The SMILES string of the molecule is COC(=O)c1sc(SC)cc1S(=O)O. The minimum Gasteiger partial charge on any atom is -0.465 e. The second kappa shape index (κ2) is 4.92. The summed E-state index contributed by atoms with van der Waals surface area (Å²) < 4.78 is 25.1. The molecule has 1 rings (SSSR count). The zero-order valence-electron chi connectivity index (χ0n) is 7.47. The number of hydrogen-bond donors (Lipinski definition) is 1. The van der Waals surface area contributed by atoms with Crippen molar-refractivity contribution in [3.05, 3.63) is 10.9 Å². The van der Waals surface area contributed by atoms with Crippen LogP contribution >= 0.6 is 23.1 Å². The molecule has 0 aromatic carbocycles. The summed E-state index contributed by atoms with van der Waals surface area (Å²) in [5.74, 6) is -0.576. The summed E-state index contributed by atoms with van der Waals surface area (Å²) in [4.78, 5) is 11.5. The summed E-state index contributed by atoms with van der Waals surface area (Å²) in [6.45, 7) is 0. The molecule has 0 amide bonds. The first-order valence-electron chi connectivity index (χ1n) is 3.47. The van der Waals surface area contributed by atoms with Gasteiger partial charge in [-0.25, -0.2) is 9.00 Å². The van der Waals surface area contributed by atoms with Crippen molar-refractivity contribution in [1.29, 1.82) is 0 Å². The molecule has 0 saturated heterocycles. The molecule has 0 radical (unpaired) electrons. The van der Waals surface area contributed by atoms with Crippen molar-refractivity contribution in [3.8, 4) is 0 Å². The molecule has 14 heavy (non-hydrogen) atoms. The Hall–Kier alpha value is -0.370. The fourth-order valence-electron chi connectivity index (χ4n) is 0.818. The van der Waals surface area contributed by atoms with E-state index in [0.29, 0.717) is 0 Å². The molecule has 1 aromatic heterocycles. The number of rotatable bonds is 3. The van der Waals surface area contributed by atoms with Crippen molar-refractivity contribution in [3.63, 3.8) is 0 Å². The van der Waals surface area contributed by atoms with Gasteiger partial charge in [0.15, 0.2) is 11.1 Å². The summed E-state index contributed by atoms with van der Waals surface area (Å²) >= 11 is 0.423. The molecule has 78 valence electrons. The predicted octanol–water partition coefficient (Wildman–Crippen LogP) is 1.84. The lowest BCUT2D eigenvalue weighted by Gasteiger charge is -1.96. The van der Waals surface area contributed by atoms with E-state index in [1.54, 1.807) is 0 Å². The van der Waals surface area contributed by atoms with Crippen molar-refractivity contribution >= 4 is 40.1 Å². The van der Waals surface area contributed by atoms with Crippen molar-refractivity contribution in [1.82, 2.24) is 0 Å². The van der Waals surface area contributed by atoms with Gasteiger partial charge in [-0.15, -0.1) is 23.1 Å². The molecule has 0 saturated carbocycles. The maximum absolute atomic E-state index is 11.2. The molecule has 1 unspecified atom stereocenters. The highest BCUT2D eigenvalue weighted by atomic mass is 32.2. The van der Waals surface area contributed by atoms with Crippen molar-refractivity contribution in [2.45, 2.75) is 9.10 Å². The van der Waals surface area contributed by atoms with Crippen LogP contribution in [0.1, 0.15) is 9.67 Å². The van der Waals surface area contributed by atoms with E-state index >= 15 is 0 Å². The lowest BCUT2D eigenvalue weighted by Crippen LogP contribution is -2.02. The average Bonchev–Trinajstić information content (AvgIpc) is 2.60. The molecule has 0 fully saturated rings. The van der Waals surface area contributed by atoms with Gasteiger partial charge in [-0.3, -0.25) is 0 Å². The summed E-state index contributed by atoms with van der Waals surface area (Å²) in [6.07, 6.45) is 1.83. The Morgan fingerprint density at radius 1 is 1.71 bits per heavy atom. The summed E-state index contributed by atoms with van der Waals surface area (Å²) in [7, 11) is 1.24. The fraction of sp³-hybridized carbons (Fsp3) is 0.286. The molecule has 0 aliphatic heterocycles. The molecule has 1 atom stereocenters. The number of thiophene rings is 1. The third kappa shape index (κ3) is 2.35. The van der Waals surface area contributed by atoms with Gasteiger partial charge in [-0.1, -0.05) is 0 Å². The molecular formula is C7H8O4S3. The summed E-state index contributed by atoms with van der Waals surface area (Å²) in [6, 6.07) is 1.53. The largest absolute Gasteiger partial charge is 0.465 e. The fourth-order valence-corrected chi connectivity index (χ4v) is 3.29. The molecule has 7 heteroatoms. The van der Waals surface area contributed by atoms with Crippen LogP contribution in [0.5, 0.6) is 0 Å². The molecule has 4 nitrogen and oxygen atoms in total. The molecule has 0 spiro atoms. The lowest BCUT2D eigenvalue weighted by atomic mass is 10.5. The van der Waals surface area contributed by atoms with Gasteiger partial charge < -0.3 is 9.29 Å². The quantitative estimate of drug-likeness (QED) is 0.505. The van der Waals surface area contributed by atoms with E-state index in [-0.39, 0.29) is 9.77 Å². The number of carbonyl (C=O) groups excluding carboxylic acids is 1. The average molecular weight is 252 g/mol. The molecule has 0 aliphatic carbocycles. The van der Waals surface area contributed by atoms with Crippen LogP contribution in [-0.4, -0.2) is 28.1 Å². The van der Waals surface area contributed by atoms with Crippen LogP contribution in [0.25, 0.3) is 0 Å². The van der Waals surface area contributed by atoms with E-state index < -0.39 is 17.0 Å². The maximum Gasteiger partial charge on any atom is 0.349 e. The van der Waals surface area contributed by atoms with E-state index in [9.17, 15) is 9.00 Å². The first-order chi connectivity index (χ1) is 6.60. The van der Waals surface area contributed by atoms with E-state index in [0.717, 1.165) is 15.5 Å². The number of esters is 1. The van der Waals surface area contributed by atoms with E-state index in [4.69, 9.17) is 4.55 Å². The van der Waals surface area contributed by atoms with Crippen molar-refractivity contribution < 1.29 is 18.3 Å². The number of thioether (sulfide) groups is 1. The number of ether oxygens (including phenoxy) is 1. The topological polar surface area (TPSA) is 63.6 Å².